The van der Waals surface area contributed by atoms with Gasteiger partial charge < -0.3 is 9.73 Å². The van der Waals surface area contributed by atoms with Crippen LogP contribution in [-0.4, -0.2) is 13.2 Å². The van der Waals surface area contributed by atoms with Crippen molar-refractivity contribution in [2.75, 3.05) is 13.2 Å². The molecule has 56 heavy (non-hydrogen) atoms. The van der Waals surface area contributed by atoms with Gasteiger partial charge >= 0.3 is 0 Å². The summed E-state index contributed by atoms with van der Waals surface area (Å²) in [7, 11) is 0. The van der Waals surface area contributed by atoms with Crippen LogP contribution in [0, 0.1) is 0 Å². The molecule has 3 nitrogen and oxygen atoms in total. The molecule has 2 N–H and O–H groups in total. The van der Waals surface area contributed by atoms with E-state index in [0.717, 1.165) is 30.8 Å². The predicted octanol–water partition coefficient (Wildman–Crippen LogP) is 15.5. The molecule has 1 atom stereocenters. The van der Waals surface area contributed by atoms with Gasteiger partial charge in [-0.2, -0.15) is 0 Å². The largest absolute Gasteiger partial charge is 0.455 e. The van der Waals surface area contributed by atoms with Crippen molar-refractivity contribution < 1.29 is 4.42 Å². The molecule has 7 rings (SSSR count). The summed E-state index contributed by atoms with van der Waals surface area (Å²) in [5.41, 5.74) is 13.6. The first kappa shape index (κ1) is 40.8. The van der Waals surface area contributed by atoms with Gasteiger partial charge in [-0.05, 0) is 77.2 Å². The third-order valence-electron chi connectivity index (χ3n) is 13.6. The smallest absolute Gasteiger partial charge is 0.144 e. The quantitative estimate of drug-likeness (QED) is 0.0460. The molecule has 0 saturated carbocycles. The van der Waals surface area contributed by atoms with E-state index in [2.05, 4.69) is 111 Å². The van der Waals surface area contributed by atoms with Crippen LogP contribution in [0.1, 0.15) is 185 Å². The molecular weight excluding hydrogens is 681 g/mol. The van der Waals surface area contributed by atoms with Crippen molar-refractivity contribution in [2.45, 2.75) is 173 Å². The van der Waals surface area contributed by atoms with E-state index in [9.17, 15) is 0 Å². The predicted molar refractivity (Wildman–Crippen MR) is 242 cm³/mol. The highest BCUT2D eigenvalue weighted by molar-refractivity contribution is 6.20. The number of hydrogen-bond acceptors (Lipinski definition) is 3. The molecule has 5 aromatic rings. The summed E-state index contributed by atoms with van der Waals surface area (Å²) in [5, 5.41) is 10.8. The zero-order valence-electron chi connectivity index (χ0n) is 35.6. The number of nitrogens with one attached hydrogen (secondary N) is 2. The average Bonchev–Trinajstić information content (AvgIpc) is 3.84. The second-order valence-corrected chi connectivity index (χ2v) is 17.4. The minimum Gasteiger partial charge on any atom is -0.455 e. The first-order valence-electron chi connectivity index (χ1n) is 23.3. The van der Waals surface area contributed by atoms with Gasteiger partial charge in [0, 0.05) is 28.4 Å². The molecule has 0 bridgehead atoms. The maximum atomic E-state index is 7.20. The van der Waals surface area contributed by atoms with Gasteiger partial charge in [-0.1, -0.05) is 204 Å². The normalized spacial score (nSPS) is 16.4. The number of furan rings is 1. The molecule has 0 saturated heterocycles. The average molecular weight is 753 g/mol. The summed E-state index contributed by atoms with van der Waals surface area (Å²) in [6, 6.07) is 28.0. The number of fused-ring (bicyclic) bond motifs is 12. The van der Waals surface area contributed by atoms with Crippen molar-refractivity contribution >= 4 is 21.9 Å². The van der Waals surface area contributed by atoms with Crippen molar-refractivity contribution in [1.29, 1.82) is 0 Å². The van der Waals surface area contributed by atoms with Crippen molar-refractivity contribution in [2.24, 2.45) is 0 Å². The molecule has 0 spiro atoms. The molecule has 300 valence electrons. The molecule has 2 aliphatic carbocycles. The molecule has 0 amide bonds. The van der Waals surface area contributed by atoms with E-state index in [1.807, 2.05) is 0 Å². The van der Waals surface area contributed by atoms with Crippen LogP contribution in [0.25, 0.3) is 44.2 Å². The molecule has 0 aliphatic heterocycles. The summed E-state index contributed by atoms with van der Waals surface area (Å²) < 4.78 is 7.20. The Bertz CT molecular complexity index is 2010. The van der Waals surface area contributed by atoms with Gasteiger partial charge in [0.15, 0.2) is 0 Å². The Morgan fingerprint density at radius 3 is 1.70 bits per heavy atom. The fraction of sp³-hybridized carbons (Fsp3) is 0.547. The fourth-order valence-corrected chi connectivity index (χ4v) is 10.9. The van der Waals surface area contributed by atoms with E-state index in [1.54, 1.807) is 16.7 Å². The Hall–Kier alpha value is -3.40. The molecule has 0 radical (unpaired) electrons. The van der Waals surface area contributed by atoms with Gasteiger partial charge in [-0.15, -0.1) is 0 Å². The summed E-state index contributed by atoms with van der Waals surface area (Å²) in [5.74, 6) is 0. The SMILES string of the molecule is CCCCCCCCC1(NCNCCCC)c2ccccc2-c2c1c1c(c3oc4ccccc4c23)-c2ccccc2C1(CCCCCCC)CCCCCCC. The molecule has 2 aliphatic rings. The van der Waals surface area contributed by atoms with E-state index in [4.69, 9.17) is 4.42 Å². The van der Waals surface area contributed by atoms with E-state index < -0.39 is 0 Å². The first-order chi connectivity index (χ1) is 27.7. The zero-order valence-corrected chi connectivity index (χ0v) is 35.6. The third-order valence-corrected chi connectivity index (χ3v) is 13.6. The van der Waals surface area contributed by atoms with Crippen LogP contribution in [-0.2, 0) is 11.0 Å². The maximum absolute atomic E-state index is 7.20. The first-order valence-corrected chi connectivity index (χ1v) is 23.3. The van der Waals surface area contributed by atoms with Crippen LogP contribution in [0.3, 0.4) is 0 Å². The van der Waals surface area contributed by atoms with E-state index in [-0.39, 0.29) is 11.0 Å². The second kappa shape index (κ2) is 19.4. The van der Waals surface area contributed by atoms with E-state index >= 15 is 0 Å². The lowest BCUT2D eigenvalue weighted by Crippen LogP contribution is -2.48. The van der Waals surface area contributed by atoms with Gasteiger partial charge in [-0.25, -0.2) is 0 Å². The van der Waals surface area contributed by atoms with Gasteiger partial charge in [0.2, 0.25) is 0 Å². The number of hydrogen-bond donors (Lipinski definition) is 2. The standard InChI is InChI=1S/C53H72N2O/c1-5-9-13-16-19-28-37-53(55-39-54-38-12-8-4)44-33-24-21-30-41(44)46-47-42-31-22-25-34-45(42)56-51(47)48-40-29-20-23-32-43(40)52(49(48)50(46)53,35-26-17-14-10-6-2)36-27-18-15-11-7-3/h20-25,29-34,54-55H,5-19,26-28,35-39H2,1-4H3. The highest BCUT2D eigenvalue weighted by Gasteiger charge is 2.54. The molecular formula is C53H72N2O. The Balaban J connectivity index is 1.51. The summed E-state index contributed by atoms with van der Waals surface area (Å²) in [4.78, 5) is 0. The van der Waals surface area contributed by atoms with Crippen LogP contribution < -0.4 is 10.6 Å². The lowest BCUT2D eigenvalue weighted by molar-refractivity contribution is 0.335. The van der Waals surface area contributed by atoms with Crippen molar-refractivity contribution in [3.05, 3.63) is 95.1 Å². The van der Waals surface area contributed by atoms with Gasteiger partial charge in [-0.3, -0.25) is 5.32 Å². The second-order valence-electron chi connectivity index (χ2n) is 17.4. The van der Waals surface area contributed by atoms with Crippen LogP contribution >= 0.6 is 0 Å². The van der Waals surface area contributed by atoms with Crippen molar-refractivity contribution in [3.63, 3.8) is 0 Å². The minimum absolute atomic E-state index is 0.0622. The molecule has 1 aromatic heterocycles. The van der Waals surface area contributed by atoms with E-state index in [0.29, 0.717) is 0 Å². The highest BCUT2D eigenvalue weighted by Crippen LogP contribution is 2.65. The monoisotopic (exact) mass is 753 g/mol. The Morgan fingerprint density at radius 1 is 0.500 bits per heavy atom. The van der Waals surface area contributed by atoms with Crippen LogP contribution in [0.5, 0.6) is 0 Å². The zero-order chi connectivity index (χ0) is 38.8. The Morgan fingerprint density at radius 2 is 1.04 bits per heavy atom. The topological polar surface area (TPSA) is 37.2 Å². The van der Waals surface area contributed by atoms with Crippen molar-refractivity contribution in [1.82, 2.24) is 10.6 Å². The van der Waals surface area contributed by atoms with Gasteiger partial charge in [0.25, 0.3) is 0 Å². The van der Waals surface area contributed by atoms with Crippen molar-refractivity contribution in [3.8, 4) is 22.3 Å². The molecule has 0 fully saturated rings. The van der Waals surface area contributed by atoms with Crippen LogP contribution in [0.4, 0.5) is 0 Å². The number of para-hydroxylation sites is 1. The molecule has 1 unspecified atom stereocenters. The van der Waals surface area contributed by atoms with Gasteiger partial charge in [0.05, 0.1) is 5.54 Å². The summed E-state index contributed by atoms with van der Waals surface area (Å²) >= 11 is 0. The summed E-state index contributed by atoms with van der Waals surface area (Å²) in [6.45, 7) is 11.2. The molecule has 1 heterocycles. The van der Waals surface area contributed by atoms with Gasteiger partial charge in [0.1, 0.15) is 11.2 Å². The fourth-order valence-electron chi connectivity index (χ4n) is 10.9. The number of benzene rings is 4. The van der Waals surface area contributed by atoms with Crippen LogP contribution in [0.2, 0.25) is 0 Å². The minimum atomic E-state index is -0.301. The highest BCUT2D eigenvalue weighted by atomic mass is 16.3. The van der Waals surface area contributed by atoms with E-state index in [1.165, 1.54) is 167 Å². The molecule has 4 aromatic carbocycles. The Labute approximate surface area is 339 Å². The lowest BCUT2D eigenvalue weighted by Gasteiger charge is -2.40. The third kappa shape index (κ3) is 7.77. The lowest BCUT2D eigenvalue weighted by atomic mass is 9.66. The Kier molecular flexibility index (Phi) is 14.1. The number of unbranched alkanes of at least 4 members (excludes halogenated alkanes) is 14. The number of rotatable bonds is 25. The van der Waals surface area contributed by atoms with Crippen LogP contribution in [0.15, 0.2) is 77.2 Å². The maximum Gasteiger partial charge on any atom is 0.144 e. The molecule has 3 heteroatoms. The summed E-state index contributed by atoms with van der Waals surface area (Å²) in [6.07, 6.45) is 26.7.